The number of allylic oxidation sites excluding steroid dienone is 1. The number of benzene rings is 4. The highest BCUT2D eigenvalue weighted by Gasteiger charge is 2.32. The van der Waals surface area contributed by atoms with Crippen molar-refractivity contribution in [2.24, 2.45) is 4.99 Å². The zero-order valence-electron chi connectivity index (χ0n) is 24.1. The number of nitro groups is 1. The first kappa shape index (κ1) is 28.4. The Morgan fingerprint density at radius 1 is 1.02 bits per heavy atom. The summed E-state index contributed by atoms with van der Waals surface area (Å²) in [6.07, 6.45) is 3.40. The molecule has 5 aromatic rings. The lowest BCUT2D eigenvalue weighted by Crippen LogP contribution is -2.38. The molecule has 1 atom stereocenters. The van der Waals surface area contributed by atoms with Crippen LogP contribution in [0.1, 0.15) is 40.3 Å². The van der Waals surface area contributed by atoms with Gasteiger partial charge in [0.1, 0.15) is 12.4 Å². The van der Waals surface area contributed by atoms with Gasteiger partial charge in [-0.15, -0.1) is 0 Å². The summed E-state index contributed by atoms with van der Waals surface area (Å²) in [6.45, 7) is 0.198. The first-order valence-electron chi connectivity index (χ1n) is 14.3. The number of aryl methyl sites for hydroxylation is 1. The monoisotopic (exact) mass is 619 g/mol. The number of halogens is 1. The van der Waals surface area contributed by atoms with Gasteiger partial charge in [0.2, 0.25) is 0 Å². The molecule has 8 nitrogen and oxygen atoms in total. The summed E-state index contributed by atoms with van der Waals surface area (Å²) in [5, 5.41) is 10.9. The van der Waals surface area contributed by atoms with E-state index in [4.69, 9.17) is 14.5 Å². The van der Waals surface area contributed by atoms with Crippen LogP contribution in [0.25, 0.3) is 11.8 Å². The number of ether oxygens (including phenoxy) is 2. The summed E-state index contributed by atoms with van der Waals surface area (Å²) in [5.74, 6) is 0.648. The van der Waals surface area contributed by atoms with Crippen LogP contribution < -0.4 is 24.4 Å². The van der Waals surface area contributed by atoms with E-state index in [0.717, 1.165) is 46.4 Å². The second kappa shape index (κ2) is 11.6. The number of hydrogen-bond acceptors (Lipinski definition) is 7. The third-order valence-corrected chi connectivity index (χ3v) is 9.07. The third-order valence-electron chi connectivity index (χ3n) is 8.09. The van der Waals surface area contributed by atoms with Crippen molar-refractivity contribution in [3.63, 3.8) is 0 Å². The minimum atomic E-state index is -0.445. The normalized spacial score (nSPS) is 15.5. The molecule has 0 saturated carbocycles. The van der Waals surface area contributed by atoms with E-state index in [9.17, 15) is 19.3 Å². The van der Waals surface area contributed by atoms with Crippen molar-refractivity contribution in [1.29, 1.82) is 0 Å². The van der Waals surface area contributed by atoms with Gasteiger partial charge in [-0.05, 0) is 83.1 Å². The molecule has 0 bridgehead atoms. The molecule has 1 aromatic heterocycles. The SMILES string of the molecule is COc1cc(/C=c2/sc3n(c2=O)[C@H](c2ccc(F)cc2)C2=C(N=3)c3ccccc3CC2)ccc1OCc1ccc([N+](=O)[O-])cc1. The Morgan fingerprint density at radius 3 is 2.56 bits per heavy atom. The van der Waals surface area contributed by atoms with E-state index in [1.807, 2.05) is 24.3 Å². The number of thiazole rings is 1. The average Bonchev–Trinajstić information content (AvgIpc) is 3.37. The smallest absolute Gasteiger partial charge is 0.271 e. The lowest BCUT2D eigenvalue weighted by Gasteiger charge is -2.30. The van der Waals surface area contributed by atoms with Gasteiger partial charge in [-0.3, -0.25) is 19.5 Å². The summed E-state index contributed by atoms with van der Waals surface area (Å²) < 4.78 is 27.7. The minimum Gasteiger partial charge on any atom is -0.493 e. The van der Waals surface area contributed by atoms with Crippen LogP contribution >= 0.6 is 11.3 Å². The Hall–Kier alpha value is -5.35. The first-order valence-corrected chi connectivity index (χ1v) is 15.1. The highest BCUT2D eigenvalue weighted by Crippen LogP contribution is 2.41. The summed E-state index contributed by atoms with van der Waals surface area (Å²) in [4.78, 5) is 30.1. The van der Waals surface area contributed by atoms with Crippen LogP contribution in [-0.2, 0) is 13.0 Å². The van der Waals surface area contributed by atoms with E-state index >= 15 is 0 Å². The second-order valence-corrected chi connectivity index (χ2v) is 11.8. The summed E-state index contributed by atoms with van der Waals surface area (Å²) in [5.41, 5.74) is 6.42. The van der Waals surface area contributed by atoms with Crippen molar-refractivity contribution in [2.45, 2.75) is 25.5 Å². The summed E-state index contributed by atoms with van der Waals surface area (Å²) in [7, 11) is 1.54. The van der Waals surface area contributed by atoms with Gasteiger partial charge in [0.25, 0.3) is 11.2 Å². The standard InChI is InChI=1S/C35H26FN3O5S/c1-43-30-18-22(8-17-29(30)44-20-21-6-14-26(15-7-21)39(41)42)19-31-34(40)38-33(24-9-12-25(36)13-10-24)28-16-11-23-4-2-3-5-27(23)32(28)37-35(38)45-31/h2-10,12-15,17-19,33H,11,16,20H2,1H3/b31-19+/t33-/m1/s1. The molecule has 0 fully saturated rings. The maximum atomic E-state index is 14.0. The maximum absolute atomic E-state index is 14.0. The second-order valence-electron chi connectivity index (χ2n) is 10.8. The summed E-state index contributed by atoms with van der Waals surface area (Å²) in [6, 6.07) is 25.7. The largest absolute Gasteiger partial charge is 0.493 e. The van der Waals surface area contributed by atoms with Crippen LogP contribution in [0.3, 0.4) is 0 Å². The van der Waals surface area contributed by atoms with Gasteiger partial charge in [0.05, 0.1) is 28.3 Å². The van der Waals surface area contributed by atoms with Crippen molar-refractivity contribution >= 4 is 28.8 Å². The van der Waals surface area contributed by atoms with Crippen LogP contribution in [0.4, 0.5) is 10.1 Å². The number of nitro benzene ring substituents is 1. The zero-order chi connectivity index (χ0) is 31.1. The van der Waals surface area contributed by atoms with Crippen LogP contribution in [0.15, 0.2) is 106 Å². The molecule has 0 amide bonds. The number of aromatic nitrogens is 1. The predicted octanol–water partition coefficient (Wildman–Crippen LogP) is 5.95. The molecule has 2 aliphatic rings. The average molecular weight is 620 g/mol. The van der Waals surface area contributed by atoms with Crippen LogP contribution in [0.5, 0.6) is 11.5 Å². The minimum absolute atomic E-state index is 0.0138. The molecule has 10 heteroatoms. The molecule has 0 spiro atoms. The van der Waals surface area contributed by atoms with Gasteiger partial charge in [-0.25, -0.2) is 9.38 Å². The zero-order valence-corrected chi connectivity index (χ0v) is 24.9. The van der Waals surface area contributed by atoms with Crippen LogP contribution in [0, 0.1) is 15.9 Å². The molecule has 1 aliphatic carbocycles. The highest BCUT2D eigenvalue weighted by atomic mass is 32.1. The van der Waals surface area contributed by atoms with Crippen LogP contribution in [-0.4, -0.2) is 16.6 Å². The molecule has 1 aliphatic heterocycles. The molecule has 224 valence electrons. The summed E-state index contributed by atoms with van der Waals surface area (Å²) >= 11 is 1.32. The number of rotatable bonds is 7. The van der Waals surface area contributed by atoms with E-state index < -0.39 is 11.0 Å². The van der Waals surface area contributed by atoms with E-state index in [1.54, 1.807) is 41.0 Å². The van der Waals surface area contributed by atoms with Crippen LogP contribution in [0.2, 0.25) is 0 Å². The number of fused-ring (bicyclic) bond motifs is 3. The predicted molar refractivity (Wildman–Crippen MR) is 170 cm³/mol. The molecule has 0 radical (unpaired) electrons. The Morgan fingerprint density at radius 2 is 1.80 bits per heavy atom. The quantitative estimate of drug-likeness (QED) is 0.166. The van der Waals surface area contributed by atoms with E-state index in [-0.39, 0.29) is 23.7 Å². The Bertz CT molecular complexity index is 2170. The topological polar surface area (TPSA) is 96.0 Å². The lowest BCUT2D eigenvalue weighted by molar-refractivity contribution is -0.384. The van der Waals surface area contributed by atoms with Gasteiger partial charge in [0.15, 0.2) is 16.3 Å². The lowest BCUT2D eigenvalue weighted by atomic mass is 9.83. The fourth-order valence-corrected chi connectivity index (χ4v) is 6.89. The van der Waals surface area contributed by atoms with Crippen molar-refractivity contribution < 1.29 is 18.8 Å². The van der Waals surface area contributed by atoms with E-state index in [2.05, 4.69) is 12.1 Å². The number of non-ortho nitro benzene ring substituents is 1. The van der Waals surface area contributed by atoms with Gasteiger partial charge >= 0.3 is 0 Å². The van der Waals surface area contributed by atoms with Crippen molar-refractivity contribution in [3.8, 4) is 11.5 Å². The molecule has 0 N–H and O–H groups in total. The third kappa shape index (κ3) is 5.33. The van der Waals surface area contributed by atoms with E-state index in [0.29, 0.717) is 20.8 Å². The van der Waals surface area contributed by atoms with Gasteiger partial charge in [-0.1, -0.05) is 53.8 Å². The van der Waals surface area contributed by atoms with Crippen molar-refractivity contribution in [1.82, 2.24) is 4.57 Å². The maximum Gasteiger partial charge on any atom is 0.271 e. The highest BCUT2D eigenvalue weighted by molar-refractivity contribution is 7.07. The first-order chi connectivity index (χ1) is 21.9. The fourth-order valence-electron chi connectivity index (χ4n) is 5.89. The molecular weight excluding hydrogens is 593 g/mol. The molecular formula is C35H26FN3O5S. The molecule has 2 heterocycles. The molecule has 7 rings (SSSR count). The number of nitrogens with zero attached hydrogens (tertiary/aromatic N) is 3. The van der Waals surface area contributed by atoms with Gasteiger partial charge in [-0.2, -0.15) is 0 Å². The molecule has 4 aromatic carbocycles. The Labute approximate surface area is 260 Å². The molecule has 0 saturated heterocycles. The number of hydrogen-bond donors (Lipinski definition) is 0. The fraction of sp³-hybridized carbons (Fsp3) is 0.143. The Kier molecular flexibility index (Phi) is 7.34. The van der Waals surface area contributed by atoms with Crippen molar-refractivity contribution in [2.75, 3.05) is 7.11 Å². The number of methoxy groups -OCH3 is 1. The van der Waals surface area contributed by atoms with E-state index in [1.165, 1.54) is 48.3 Å². The molecule has 0 unspecified atom stereocenters. The Balaban J connectivity index is 1.26. The van der Waals surface area contributed by atoms with Gasteiger partial charge in [0, 0.05) is 17.7 Å². The van der Waals surface area contributed by atoms with Gasteiger partial charge < -0.3 is 9.47 Å². The molecule has 45 heavy (non-hydrogen) atoms. The van der Waals surface area contributed by atoms with Crippen molar-refractivity contribution in [3.05, 3.63) is 160 Å².